The average Bonchev–Trinajstić information content (AvgIpc) is 2.62. The van der Waals surface area contributed by atoms with Gasteiger partial charge in [-0.15, -0.1) is 11.3 Å². The van der Waals surface area contributed by atoms with Crippen LogP contribution in [0.2, 0.25) is 19.4 Å². The van der Waals surface area contributed by atoms with Gasteiger partial charge in [0.05, 0.1) is 20.8 Å². The highest BCUT2D eigenvalue weighted by Gasteiger charge is 2.08. The van der Waals surface area contributed by atoms with E-state index in [2.05, 4.69) is 21.2 Å². The molecule has 7 heteroatoms. The minimum absolute atomic E-state index is 0.439. The van der Waals surface area contributed by atoms with Gasteiger partial charge in [-0.1, -0.05) is 46.4 Å². The summed E-state index contributed by atoms with van der Waals surface area (Å²) in [5.41, 5.74) is 0.742. The molecule has 0 atom stereocenters. The number of thiophene rings is 1. The molecule has 0 bridgehead atoms. The number of rotatable bonds is 3. The lowest BCUT2D eigenvalue weighted by Crippen LogP contribution is -1.98. The van der Waals surface area contributed by atoms with E-state index in [9.17, 15) is 0 Å². The zero-order valence-electron chi connectivity index (χ0n) is 8.74. The van der Waals surface area contributed by atoms with E-state index in [0.29, 0.717) is 21.6 Å². The molecule has 1 aromatic carbocycles. The van der Waals surface area contributed by atoms with Crippen molar-refractivity contribution in [1.82, 2.24) is 0 Å². The number of nitrogens with one attached hydrogen (secondary N) is 1. The van der Waals surface area contributed by atoms with Crippen LogP contribution in [0.3, 0.4) is 0 Å². The summed E-state index contributed by atoms with van der Waals surface area (Å²) >= 11 is 28.7. The molecule has 0 aliphatic heterocycles. The maximum atomic E-state index is 6.07. The van der Waals surface area contributed by atoms with Crippen molar-refractivity contribution in [2.24, 2.45) is 0 Å². The predicted octanol–water partition coefficient (Wildman–Crippen LogP) is 6.74. The van der Waals surface area contributed by atoms with E-state index in [1.807, 2.05) is 6.07 Å². The summed E-state index contributed by atoms with van der Waals surface area (Å²) in [6.07, 6.45) is 0. The summed E-state index contributed by atoms with van der Waals surface area (Å²) in [6.45, 7) is 0.619. The van der Waals surface area contributed by atoms with Gasteiger partial charge in [-0.05, 0) is 34.1 Å². The van der Waals surface area contributed by atoms with Crippen LogP contribution in [0.1, 0.15) is 4.88 Å². The third-order valence-electron chi connectivity index (χ3n) is 2.16. The number of hydrogen-bond donors (Lipinski definition) is 1. The second kappa shape index (κ2) is 6.21. The Bertz CT molecular complexity index is 565. The summed E-state index contributed by atoms with van der Waals surface area (Å²) in [5, 5.41) is 4.63. The second-order valence-corrected chi connectivity index (χ2v) is 7.25. The Morgan fingerprint density at radius 1 is 1.00 bits per heavy atom. The quantitative estimate of drug-likeness (QED) is 0.558. The highest BCUT2D eigenvalue weighted by atomic mass is 79.9. The molecular formula is C11H6BrCl4NS. The zero-order valence-corrected chi connectivity index (χ0v) is 14.2. The molecule has 1 N–H and O–H groups in total. The van der Waals surface area contributed by atoms with Crippen molar-refractivity contribution in [3.05, 3.63) is 47.0 Å². The summed E-state index contributed by atoms with van der Waals surface area (Å²) in [5.74, 6) is 0. The Balaban J connectivity index is 2.13. The standard InChI is InChI=1S/C11H6BrCl4NS/c12-6-1-5(18-11(6)16)4-17-10-3-8(14)7(13)2-9(10)15/h1-3,17H,4H2. The molecule has 0 saturated heterocycles. The van der Waals surface area contributed by atoms with E-state index in [-0.39, 0.29) is 0 Å². The van der Waals surface area contributed by atoms with Crippen LogP contribution in [0.15, 0.2) is 22.7 Å². The Kier molecular flexibility index (Phi) is 5.09. The van der Waals surface area contributed by atoms with Gasteiger partial charge in [-0.25, -0.2) is 0 Å². The molecule has 1 nitrogen and oxygen atoms in total. The lowest BCUT2D eigenvalue weighted by atomic mass is 10.3. The molecule has 2 aromatic rings. The second-order valence-electron chi connectivity index (χ2n) is 3.43. The first-order valence-electron chi connectivity index (χ1n) is 4.79. The van der Waals surface area contributed by atoms with E-state index < -0.39 is 0 Å². The van der Waals surface area contributed by atoms with Crippen LogP contribution in [0.5, 0.6) is 0 Å². The van der Waals surface area contributed by atoms with Crippen LogP contribution in [0.4, 0.5) is 5.69 Å². The molecule has 0 unspecified atom stereocenters. The largest absolute Gasteiger partial charge is 0.379 e. The fourth-order valence-electron chi connectivity index (χ4n) is 1.32. The minimum atomic E-state index is 0.439. The van der Waals surface area contributed by atoms with Crippen LogP contribution in [-0.2, 0) is 6.54 Å². The minimum Gasteiger partial charge on any atom is -0.379 e. The van der Waals surface area contributed by atoms with Crippen molar-refractivity contribution in [3.63, 3.8) is 0 Å². The van der Waals surface area contributed by atoms with Gasteiger partial charge in [0.2, 0.25) is 0 Å². The maximum absolute atomic E-state index is 6.07. The molecule has 18 heavy (non-hydrogen) atoms. The van der Waals surface area contributed by atoms with Crippen molar-refractivity contribution >= 4 is 79.4 Å². The smallest absolute Gasteiger partial charge is 0.107 e. The molecule has 0 saturated carbocycles. The third-order valence-corrected chi connectivity index (χ3v) is 5.67. The van der Waals surface area contributed by atoms with Crippen LogP contribution < -0.4 is 5.32 Å². The van der Waals surface area contributed by atoms with Crippen molar-refractivity contribution in [2.45, 2.75) is 6.54 Å². The lowest BCUT2D eigenvalue weighted by Gasteiger charge is -2.08. The first-order valence-corrected chi connectivity index (χ1v) is 7.91. The zero-order chi connectivity index (χ0) is 13.3. The first kappa shape index (κ1) is 14.8. The van der Waals surface area contributed by atoms with E-state index in [4.69, 9.17) is 46.4 Å². The Labute approximate surface area is 137 Å². The van der Waals surface area contributed by atoms with Gasteiger partial charge >= 0.3 is 0 Å². The Morgan fingerprint density at radius 2 is 1.67 bits per heavy atom. The van der Waals surface area contributed by atoms with Gasteiger partial charge < -0.3 is 5.32 Å². The SMILES string of the molecule is Clc1cc(Cl)c(NCc2cc(Br)c(Cl)s2)cc1Cl. The Hall–Kier alpha value is 0.360. The normalized spacial score (nSPS) is 10.7. The molecule has 0 fully saturated rings. The van der Waals surface area contributed by atoms with Crippen molar-refractivity contribution in [1.29, 1.82) is 0 Å². The van der Waals surface area contributed by atoms with Crippen LogP contribution >= 0.6 is 73.7 Å². The highest BCUT2D eigenvalue weighted by molar-refractivity contribution is 9.10. The monoisotopic (exact) mass is 403 g/mol. The molecule has 1 aromatic heterocycles. The van der Waals surface area contributed by atoms with Gasteiger partial charge in [0, 0.05) is 15.9 Å². The van der Waals surface area contributed by atoms with Crippen LogP contribution in [-0.4, -0.2) is 0 Å². The topological polar surface area (TPSA) is 12.0 Å². The maximum Gasteiger partial charge on any atom is 0.107 e. The van der Waals surface area contributed by atoms with Gasteiger partial charge in [-0.3, -0.25) is 0 Å². The Morgan fingerprint density at radius 3 is 2.28 bits per heavy atom. The van der Waals surface area contributed by atoms with Crippen LogP contribution in [0.25, 0.3) is 0 Å². The molecule has 1 heterocycles. The molecule has 96 valence electrons. The number of benzene rings is 1. The highest BCUT2D eigenvalue weighted by Crippen LogP contribution is 2.35. The molecule has 0 amide bonds. The lowest BCUT2D eigenvalue weighted by molar-refractivity contribution is 1.19. The van der Waals surface area contributed by atoms with Crippen molar-refractivity contribution < 1.29 is 0 Å². The molecule has 0 aliphatic carbocycles. The van der Waals surface area contributed by atoms with Gasteiger partial charge in [0.25, 0.3) is 0 Å². The number of hydrogen-bond acceptors (Lipinski definition) is 2. The molecule has 0 aliphatic rings. The summed E-state index contributed by atoms with van der Waals surface area (Å²) < 4.78 is 1.62. The summed E-state index contributed by atoms with van der Waals surface area (Å²) in [7, 11) is 0. The third kappa shape index (κ3) is 3.47. The average molecular weight is 406 g/mol. The van der Waals surface area contributed by atoms with Crippen molar-refractivity contribution in [3.8, 4) is 0 Å². The number of halogens is 5. The van der Waals surface area contributed by atoms with E-state index in [1.165, 1.54) is 11.3 Å². The molecular weight excluding hydrogens is 400 g/mol. The summed E-state index contributed by atoms with van der Waals surface area (Å²) in [4.78, 5) is 1.09. The first-order chi connectivity index (χ1) is 8.47. The summed E-state index contributed by atoms with van der Waals surface area (Å²) in [6, 6.07) is 5.28. The van der Waals surface area contributed by atoms with Gasteiger partial charge in [-0.2, -0.15) is 0 Å². The molecule has 0 radical (unpaired) electrons. The molecule has 0 spiro atoms. The van der Waals surface area contributed by atoms with E-state index in [1.54, 1.807) is 12.1 Å². The van der Waals surface area contributed by atoms with E-state index in [0.717, 1.165) is 19.4 Å². The fourth-order valence-corrected chi connectivity index (χ4v) is 3.66. The fraction of sp³-hybridized carbons (Fsp3) is 0.0909. The molecule has 2 rings (SSSR count). The van der Waals surface area contributed by atoms with Gasteiger partial charge in [0.1, 0.15) is 4.34 Å². The van der Waals surface area contributed by atoms with Gasteiger partial charge in [0.15, 0.2) is 0 Å². The van der Waals surface area contributed by atoms with Crippen LogP contribution in [0, 0.1) is 0 Å². The number of anilines is 1. The predicted molar refractivity (Wildman–Crippen MR) is 85.8 cm³/mol. The van der Waals surface area contributed by atoms with Crippen molar-refractivity contribution in [2.75, 3.05) is 5.32 Å². The van der Waals surface area contributed by atoms with E-state index >= 15 is 0 Å².